The van der Waals surface area contributed by atoms with Crippen molar-refractivity contribution in [1.29, 1.82) is 0 Å². The van der Waals surface area contributed by atoms with Crippen molar-refractivity contribution < 1.29 is 20.1 Å². The average molecular weight is 797 g/mol. The van der Waals surface area contributed by atoms with Crippen molar-refractivity contribution in [2.24, 2.45) is 0 Å². The van der Waals surface area contributed by atoms with Crippen molar-refractivity contribution in [2.45, 2.75) is 91.4 Å². The van der Waals surface area contributed by atoms with E-state index in [-0.39, 0.29) is 36.4 Å². The smallest absolute Gasteiger partial charge is 0.0163 e. The number of hydrogen-bond donors (Lipinski definition) is 0. The number of aromatic nitrogens is 2. The molecule has 245 valence electrons. The fraction of sp³-hybridized carbons (Fsp3) is 0.318. The Hall–Kier alpha value is -3.65. The van der Waals surface area contributed by atoms with Gasteiger partial charge in [-0.3, -0.25) is 0 Å². The van der Waals surface area contributed by atoms with Crippen LogP contribution in [0.3, 0.4) is 0 Å². The minimum atomic E-state index is 0. The Morgan fingerprint density at radius 1 is 0.553 bits per heavy atom. The first-order valence-electron chi connectivity index (χ1n) is 16.6. The van der Waals surface area contributed by atoms with Gasteiger partial charge in [-0.15, -0.1) is 64.5 Å². The summed E-state index contributed by atoms with van der Waals surface area (Å²) in [5.41, 5.74) is 8.60. The minimum Gasteiger partial charge on any atom is -0.305 e. The zero-order valence-electron chi connectivity index (χ0n) is 29.5. The minimum absolute atomic E-state index is 0. The van der Waals surface area contributed by atoms with Gasteiger partial charge in [-0.1, -0.05) is 122 Å². The van der Waals surface area contributed by atoms with Crippen molar-refractivity contribution in [3.8, 4) is 22.5 Å². The Morgan fingerprint density at radius 2 is 1.11 bits per heavy atom. The van der Waals surface area contributed by atoms with Crippen LogP contribution < -0.4 is 0 Å². The van der Waals surface area contributed by atoms with E-state index in [1.807, 2.05) is 18.5 Å². The Bertz CT molecular complexity index is 1900. The first-order valence-corrected chi connectivity index (χ1v) is 16.6. The maximum Gasteiger partial charge on any atom is 0.0163 e. The molecule has 0 amide bonds. The molecule has 4 aromatic carbocycles. The molecule has 0 aliphatic carbocycles. The topological polar surface area (TPSA) is 25.8 Å². The maximum atomic E-state index is 4.58. The fourth-order valence-corrected chi connectivity index (χ4v) is 5.58. The largest absolute Gasteiger partial charge is 0.305 e. The Labute approximate surface area is 296 Å². The molecule has 2 aromatic heterocycles. The molecule has 0 atom stereocenters. The summed E-state index contributed by atoms with van der Waals surface area (Å²) < 4.78 is 0. The second-order valence-corrected chi connectivity index (χ2v) is 14.7. The van der Waals surface area contributed by atoms with Crippen molar-refractivity contribution in [2.75, 3.05) is 0 Å². The van der Waals surface area contributed by atoms with Gasteiger partial charge in [-0.25, -0.2) is 0 Å². The van der Waals surface area contributed by atoms with Crippen LogP contribution in [0.1, 0.15) is 91.8 Å². The number of hydrogen-bond acceptors (Lipinski definition) is 2. The summed E-state index contributed by atoms with van der Waals surface area (Å²) in [5.74, 6) is 0. The van der Waals surface area contributed by atoms with Crippen LogP contribution >= 0.6 is 0 Å². The van der Waals surface area contributed by atoms with Crippen LogP contribution in [0.2, 0.25) is 0 Å². The molecule has 0 saturated carbocycles. The number of rotatable bonds is 6. The van der Waals surface area contributed by atoms with Crippen molar-refractivity contribution in [3.63, 3.8) is 0 Å². The second-order valence-electron chi connectivity index (χ2n) is 14.7. The van der Waals surface area contributed by atoms with Gasteiger partial charge in [0, 0.05) is 32.5 Å². The third-order valence-corrected chi connectivity index (χ3v) is 9.75. The Morgan fingerprint density at radius 3 is 1.74 bits per heavy atom. The van der Waals surface area contributed by atoms with Crippen LogP contribution in [-0.2, 0) is 36.4 Å². The summed E-state index contributed by atoms with van der Waals surface area (Å²) in [4.78, 5) is 9.14. The zero-order chi connectivity index (χ0) is 33.1. The van der Waals surface area contributed by atoms with Gasteiger partial charge in [0.05, 0.1) is 0 Å². The summed E-state index contributed by atoms with van der Waals surface area (Å²) in [5, 5.41) is 5.00. The van der Waals surface area contributed by atoms with Gasteiger partial charge in [0.15, 0.2) is 0 Å². The predicted octanol–water partition coefficient (Wildman–Crippen LogP) is 12.1. The van der Waals surface area contributed by atoms with Crippen LogP contribution in [0.5, 0.6) is 0 Å². The van der Waals surface area contributed by atoms with Gasteiger partial charge < -0.3 is 9.97 Å². The molecule has 0 saturated heterocycles. The van der Waals surface area contributed by atoms with E-state index in [4.69, 9.17) is 0 Å². The van der Waals surface area contributed by atoms with E-state index in [1.165, 1.54) is 38.2 Å². The van der Waals surface area contributed by atoms with E-state index in [9.17, 15) is 0 Å². The summed E-state index contributed by atoms with van der Waals surface area (Å²) in [6, 6.07) is 39.0. The fourth-order valence-electron chi connectivity index (χ4n) is 5.58. The predicted molar refractivity (Wildman–Crippen MR) is 197 cm³/mol. The van der Waals surface area contributed by atoms with Crippen molar-refractivity contribution in [3.05, 3.63) is 132 Å². The van der Waals surface area contributed by atoms with Gasteiger partial charge in [-0.2, -0.15) is 0 Å². The summed E-state index contributed by atoms with van der Waals surface area (Å²) in [6.45, 7) is 20.3. The quantitative estimate of drug-likeness (QED) is 0.124. The molecule has 0 bridgehead atoms. The van der Waals surface area contributed by atoms with Gasteiger partial charge in [0.25, 0.3) is 0 Å². The average Bonchev–Trinajstić information content (AvgIpc) is 3.08. The van der Waals surface area contributed by atoms with Crippen LogP contribution in [0, 0.1) is 12.1 Å². The summed E-state index contributed by atoms with van der Waals surface area (Å²) >= 11 is 0. The zero-order valence-corrected chi connectivity index (χ0v) is 31.9. The standard InChI is InChI=1S/C23H20N.C21H28N.Ir/c1-23(2,3)19-12-13-24-22(15-19)18-10-11-21-17(14-18)9-8-16-6-4-5-7-20(16)21;1-7-20(3,4)17-11-9-10-16(14-17)19-15-18(12-13-22-19)21(5,6)8-2;/h4-9,11-15H,1-3H3;9,11-15H,7-8H2,1-6H3;/q2*-1;. The monoisotopic (exact) mass is 797 g/mol. The van der Waals surface area contributed by atoms with Gasteiger partial charge in [0.1, 0.15) is 0 Å². The van der Waals surface area contributed by atoms with Crippen LogP contribution in [0.4, 0.5) is 0 Å². The second kappa shape index (κ2) is 14.6. The van der Waals surface area contributed by atoms with Crippen molar-refractivity contribution >= 4 is 21.5 Å². The molecule has 0 fully saturated rings. The third kappa shape index (κ3) is 8.26. The molecule has 2 nitrogen and oxygen atoms in total. The van der Waals surface area contributed by atoms with E-state index in [0.717, 1.165) is 35.4 Å². The molecule has 0 unspecified atom stereocenters. The van der Waals surface area contributed by atoms with E-state index in [0.29, 0.717) is 0 Å². The molecular weight excluding hydrogens is 749 g/mol. The molecule has 2 heterocycles. The Balaban J connectivity index is 0.000000209. The van der Waals surface area contributed by atoms with Gasteiger partial charge >= 0.3 is 0 Å². The summed E-state index contributed by atoms with van der Waals surface area (Å²) in [6.07, 6.45) is 6.05. The van der Waals surface area contributed by atoms with Crippen LogP contribution in [0.25, 0.3) is 44.1 Å². The van der Waals surface area contributed by atoms with Gasteiger partial charge in [0.2, 0.25) is 0 Å². The molecule has 0 aliphatic heterocycles. The molecule has 6 aromatic rings. The van der Waals surface area contributed by atoms with Crippen LogP contribution in [0.15, 0.2) is 103 Å². The molecule has 0 spiro atoms. The van der Waals surface area contributed by atoms with Gasteiger partial charge in [-0.05, 0) is 69.1 Å². The molecule has 1 radical (unpaired) electrons. The number of fused-ring (bicyclic) bond motifs is 3. The SMILES string of the molecule is CC(C)(C)c1ccnc(-c2[c-]cc3c(ccc4ccccc43)c2)c1.CCC(C)(C)c1cc[c-]c(-c2cc(C(C)(C)CC)ccn2)c1.[Ir]. The molecule has 47 heavy (non-hydrogen) atoms. The van der Waals surface area contributed by atoms with E-state index >= 15 is 0 Å². The number of pyridine rings is 2. The molecule has 6 rings (SSSR count). The van der Waals surface area contributed by atoms with Crippen molar-refractivity contribution in [1.82, 2.24) is 9.97 Å². The summed E-state index contributed by atoms with van der Waals surface area (Å²) in [7, 11) is 0. The third-order valence-electron chi connectivity index (χ3n) is 9.75. The first-order chi connectivity index (χ1) is 21.8. The number of nitrogens with zero attached hydrogens (tertiary/aromatic N) is 2. The molecule has 0 N–H and O–H groups in total. The molecular formula is C44H48IrN2-2. The Kier molecular flexibility index (Phi) is 11.3. The number of benzene rings is 4. The van der Waals surface area contributed by atoms with Crippen LogP contribution in [-0.4, -0.2) is 9.97 Å². The maximum absolute atomic E-state index is 4.58. The van der Waals surface area contributed by atoms with E-state index in [2.05, 4.69) is 169 Å². The molecule has 0 aliphatic rings. The van der Waals surface area contributed by atoms with E-state index < -0.39 is 0 Å². The van der Waals surface area contributed by atoms with E-state index in [1.54, 1.807) is 0 Å². The normalized spacial score (nSPS) is 11.9. The first kappa shape index (κ1) is 36.2. The molecule has 3 heteroatoms.